The van der Waals surface area contributed by atoms with Gasteiger partial charge in [0.1, 0.15) is 12.2 Å². The number of morpholine rings is 1. The molecule has 1 amide bonds. The van der Waals surface area contributed by atoms with Gasteiger partial charge in [0, 0.05) is 19.9 Å². The van der Waals surface area contributed by atoms with Crippen molar-refractivity contribution in [2.24, 2.45) is 0 Å². The van der Waals surface area contributed by atoms with E-state index in [0.29, 0.717) is 37.8 Å². The minimum atomic E-state index is -0.00860. The minimum Gasteiger partial charge on any atom is -0.475 e. The van der Waals surface area contributed by atoms with E-state index in [2.05, 4.69) is 4.98 Å². The van der Waals surface area contributed by atoms with Gasteiger partial charge in [-0.05, 0) is 25.0 Å². The van der Waals surface area contributed by atoms with Crippen molar-refractivity contribution in [1.29, 1.82) is 0 Å². The first kappa shape index (κ1) is 16.2. The second-order valence-corrected chi connectivity index (χ2v) is 5.96. The van der Waals surface area contributed by atoms with E-state index in [1.807, 2.05) is 4.90 Å². The zero-order valence-corrected chi connectivity index (χ0v) is 13.6. The lowest BCUT2D eigenvalue weighted by atomic mass is 9.90. The first-order valence-corrected chi connectivity index (χ1v) is 8.30. The number of carbonyl (C=O) groups excluding carboxylic acids is 1. The maximum Gasteiger partial charge on any atom is 0.259 e. The van der Waals surface area contributed by atoms with Gasteiger partial charge in [0.2, 0.25) is 5.88 Å². The molecule has 1 aliphatic carbocycles. The number of pyridine rings is 1. The lowest BCUT2D eigenvalue weighted by Gasteiger charge is -2.43. The average Bonchev–Trinajstić information content (AvgIpc) is 2.61. The summed E-state index contributed by atoms with van der Waals surface area (Å²) in [4.78, 5) is 19.2. The quantitative estimate of drug-likeness (QED) is 0.775. The van der Waals surface area contributed by atoms with E-state index in [-0.39, 0.29) is 18.1 Å². The van der Waals surface area contributed by atoms with Crippen LogP contribution in [0.2, 0.25) is 0 Å². The van der Waals surface area contributed by atoms with Crippen molar-refractivity contribution in [3.05, 3.63) is 23.9 Å². The number of methoxy groups -OCH3 is 1. The highest BCUT2D eigenvalue weighted by Crippen LogP contribution is 2.30. The van der Waals surface area contributed by atoms with Crippen LogP contribution in [0.25, 0.3) is 0 Å². The van der Waals surface area contributed by atoms with Crippen molar-refractivity contribution in [1.82, 2.24) is 9.88 Å². The third-order valence-corrected chi connectivity index (χ3v) is 4.52. The van der Waals surface area contributed by atoms with Crippen LogP contribution in [0, 0.1) is 0 Å². The van der Waals surface area contributed by atoms with Gasteiger partial charge in [0.15, 0.2) is 0 Å². The van der Waals surface area contributed by atoms with Gasteiger partial charge in [0.25, 0.3) is 5.91 Å². The molecule has 23 heavy (non-hydrogen) atoms. The summed E-state index contributed by atoms with van der Waals surface area (Å²) in [5.41, 5.74) is 0.523. The minimum absolute atomic E-state index is 0.00860. The Labute approximate surface area is 136 Å². The molecule has 2 heterocycles. The molecule has 0 radical (unpaired) electrons. The first-order chi connectivity index (χ1) is 11.3. The number of aromatic nitrogens is 1. The van der Waals surface area contributed by atoms with E-state index >= 15 is 0 Å². The summed E-state index contributed by atoms with van der Waals surface area (Å²) in [5, 5.41) is 0. The molecule has 1 aromatic heterocycles. The first-order valence-electron chi connectivity index (χ1n) is 8.30. The van der Waals surface area contributed by atoms with Crippen molar-refractivity contribution in [3.8, 4) is 5.88 Å². The van der Waals surface area contributed by atoms with E-state index in [4.69, 9.17) is 14.2 Å². The highest BCUT2D eigenvalue weighted by molar-refractivity contribution is 5.96. The van der Waals surface area contributed by atoms with Gasteiger partial charge in [-0.15, -0.1) is 0 Å². The number of ether oxygens (including phenoxy) is 3. The Morgan fingerprint density at radius 1 is 1.39 bits per heavy atom. The van der Waals surface area contributed by atoms with Crippen LogP contribution in [-0.4, -0.2) is 61.4 Å². The Morgan fingerprint density at radius 3 is 3.13 bits per heavy atom. The molecule has 6 nitrogen and oxygen atoms in total. The standard InChI is InChI=1S/C17H24N2O4/c1-21-11-12-23-16-13(5-4-8-18-16)17(20)19-9-10-22-15-7-3-2-6-14(15)19/h4-5,8,14-15H,2-3,6-7,9-12H2,1H3/t14-,15+/m1/s1. The molecule has 0 N–H and O–H groups in total. The summed E-state index contributed by atoms with van der Waals surface area (Å²) in [6, 6.07) is 3.73. The summed E-state index contributed by atoms with van der Waals surface area (Å²) in [5.74, 6) is 0.374. The number of hydrogen-bond donors (Lipinski definition) is 0. The molecular formula is C17H24N2O4. The van der Waals surface area contributed by atoms with Gasteiger partial charge in [-0.2, -0.15) is 0 Å². The van der Waals surface area contributed by atoms with Crippen molar-refractivity contribution >= 4 is 5.91 Å². The maximum atomic E-state index is 13.0. The Kier molecular flexibility index (Phi) is 5.46. The highest BCUT2D eigenvalue weighted by atomic mass is 16.5. The molecular weight excluding hydrogens is 296 g/mol. The number of rotatable bonds is 5. The van der Waals surface area contributed by atoms with Gasteiger partial charge in [-0.1, -0.05) is 12.8 Å². The normalized spacial score (nSPS) is 24.1. The van der Waals surface area contributed by atoms with Crippen LogP contribution >= 0.6 is 0 Å². The van der Waals surface area contributed by atoms with Crippen LogP contribution in [0.1, 0.15) is 36.0 Å². The van der Waals surface area contributed by atoms with Crippen LogP contribution in [0.5, 0.6) is 5.88 Å². The molecule has 1 saturated carbocycles. The molecule has 2 fully saturated rings. The lowest BCUT2D eigenvalue weighted by Crippen LogP contribution is -2.54. The van der Waals surface area contributed by atoms with Gasteiger partial charge in [-0.3, -0.25) is 4.79 Å². The highest BCUT2D eigenvalue weighted by Gasteiger charge is 2.37. The Hall–Kier alpha value is -1.66. The van der Waals surface area contributed by atoms with Crippen molar-refractivity contribution in [3.63, 3.8) is 0 Å². The van der Waals surface area contributed by atoms with Crippen molar-refractivity contribution in [2.45, 2.75) is 37.8 Å². The third-order valence-electron chi connectivity index (χ3n) is 4.52. The second-order valence-electron chi connectivity index (χ2n) is 5.96. The number of fused-ring (bicyclic) bond motifs is 1. The van der Waals surface area contributed by atoms with E-state index in [1.165, 1.54) is 6.42 Å². The fourth-order valence-electron chi connectivity index (χ4n) is 3.39. The molecule has 1 saturated heterocycles. The third kappa shape index (κ3) is 3.64. The van der Waals surface area contributed by atoms with E-state index in [0.717, 1.165) is 19.3 Å². The average molecular weight is 320 g/mol. The predicted molar refractivity (Wildman–Crippen MR) is 84.6 cm³/mol. The summed E-state index contributed by atoms with van der Waals surface area (Å²) in [7, 11) is 1.62. The fraction of sp³-hybridized carbons (Fsp3) is 0.647. The SMILES string of the molecule is COCCOc1ncccc1C(=O)N1CCO[C@H]2CCCC[C@H]21. The summed E-state index contributed by atoms with van der Waals surface area (Å²) >= 11 is 0. The molecule has 1 aromatic rings. The summed E-state index contributed by atoms with van der Waals surface area (Å²) in [6.45, 7) is 2.08. The molecule has 0 spiro atoms. The largest absolute Gasteiger partial charge is 0.475 e. The van der Waals surface area contributed by atoms with Gasteiger partial charge >= 0.3 is 0 Å². The smallest absolute Gasteiger partial charge is 0.259 e. The zero-order valence-electron chi connectivity index (χ0n) is 13.6. The molecule has 2 atom stereocenters. The lowest BCUT2D eigenvalue weighted by molar-refractivity contribution is -0.0753. The van der Waals surface area contributed by atoms with Gasteiger partial charge in [-0.25, -0.2) is 4.98 Å². The number of carbonyl (C=O) groups is 1. The second kappa shape index (κ2) is 7.75. The van der Waals surface area contributed by atoms with Gasteiger partial charge < -0.3 is 19.1 Å². The topological polar surface area (TPSA) is 60.9 Å². The van der Waals surface area contributed by atoms with E-state index < -0.39 is 0 Å². The fourth-order valence-corrected chi connectivity index (χ4v) is 3.39. The van der Waals surface area contributed by atoms with Crippen LogP contribution in [0.3, 0.4) is 0 Å². The molecule has 0 aromatic carbocycles. The summed E-state index contributed by atoms with van der Waals surface area (Å²) < 4.78 is 16.4. The molecule has 6 heteroatoms. The maximum absolute atomic E-state index is 13.0. The Balaban J connectivity index is 1.76. The van der Waals surface area contributed by atoms with Crippen LogP contribution in [-0.2, 0) is 9.47 Å². The molecule has 126 valence electrons. The number of nitrogens with zero attached hydrogens (tertiary/aromatic N) is 2. The predicted octanol–water partition coefficient (Wildman–Crippen LogP) is 1.89. The Morgan fingerprint density at radius 2 is 2.26 bits per heavy atom. The summed E-state index contributed by atoms with van der Waals surface area (Å²) in [6.07, 6.45) is 6.20. The zero-order chi connectivity index (χ0) is 16.1. The number of amides is 1. The molecule has 3 rings (SSSR count). The molecule has 2 aliphatic rings. The van der Waals surface area contributed by atoms with E-state index in [1.54, 1.807) is 25.4 Å². The van der Waals surface area contributed by atoms with Gasteiger partial charge in [0.05, 0.1) is 25.4 Å². The van der Waals surface area contributed by atoms with Crippen molar-refractivity contribution in [2.75, 3.05) is 33.5 Å². The van der Waals surface area contributed by atoms with E-state index in [9.17, 15) is 4.79 Å². The van der Waals surface area contributed by atoms with Crippen LogP contribution in [0.15, 0.2) is 18.3 Å². The Bertz CT molecular complexity index is 535. The molecule has 0 unspecified atom stereocenters. The molecule has 1 aliphatic heterocycles. The van der Waals surface area contributed by atoms with Crippen LogP contribution < -0.4 is 4.74 Å². The monoisotopic (exact) mass is 320 g/mol. The number of hydrogen-bond acceptors (Lipinski definition) is 5. The van der Waals surface area contributed by atoms with Crippen LogP contribution in [0.4, 0.5) is 0 Å². The van der Waals surface area contributed by atoms with Crippen molar-refractivity contribution < 1.29 is 19.0 Å². The molecule has 0 bridgehead atoms.